The number of fused-ring (bicyclic) bond motifs is 1. The van der Waals surface area contributed by atoms with Crippen LogP contribution in [0.3, 0.4) is 0 Å². The number of hydrogen-bond acceptors (Lipinski definition) is 5. The smallest absolute Gasteiger partial charge is 0.338 e. The second-order valence-electron chi connectivity index (χ2n) is 6.83. The quantitative estimate of drug-likeness (QED) is 0.536. The SMILES string of the molecule is CCC1=C(C(=O)OC)[C@H](c2ccccc2)n2c(s/c(=C/c3c(Cl)cccc3Cl)c2=O)=N1. The van der Waals surface area contributed by atoms with Crippen LogP contribution < -0.4 is 14.9 Å². The van der Waals surface area contributed by atoms with E-state index in [0.717, 1.165) is 5.56 Å². The van der Waals surface area contributed by atoms with Gasteiger partial charge in [-0.2, -0.15) is 0 Å². The van der Waals surface area contributed by atoms with Gasteiger partial charge in [0.25, 0.3) is 5.56 Å². The first-order valence-corrected chi connectivity index (χ1v) is 11.2. The van der Waals surface area contributed by atoms with Crippen molar-refractivity contribution in [1.82, 2.24) is 4.57 Å². The van der Waals surface area contributed by atoms with Crippen molar-refractivity contribution in [2.75, 3.05) is 7.11 Å². The van der Waals surface area contributed by atoms with Gasteiger partial charge in [0, 0.05) is 15.6 Å². The number of carbonyl (C=O) groups is 1. The summed E-state index contributed by atoms with van der Waals surface area (Å²) in [5, 5.41) is 0.893. The number of aromatic nitrogens is 1. The fourth-order valence-electron chi connectivity index (χ4n) is 3.59. The molecule has 8 heteroatoms. The van der Waals surface area contributed by atoms with Gasteiger partial charge in [-0.3, -0.25) is 9.36 Å². The van der Waals surface area contributed by atoms with Crippen molar-refractivity contribution in [3.8, 4) is 0 Å². The van der Waals surface area contributed by atoms with Gasteiger partial charge in [0.2, 0.25) is 0 Å². The van der Waals surface area contributed by atoms with E-state index in [1.807, 2.05) is 37.3 Å². The predicted molar refractivity (Wildman–Crippen MR) is 123 cm³/mol. The molecule has 2 aromatic carbocycles. The van der Waals surface area contributed by atoms with Crippen LogP contribution in [0.4, 0.5) is 0 Å². The zero-order valence-corrected chi connectivity index (χ0v) is 19.1. The van der Waals surface area contributed by atoms with Gasteiger partial charge < -0.3 is 4.74 Å². The summed E-state index contributed by atoms with van der Waals surface area (Å²) in [5.74, 6) is -0.502. The molecule has 0 saturated carbocycles. The number of halogens is 2. The normalized spacial score (nSPS) is 16.1. The average Bonchev–Trinajstić information content (AvgIpc) is 3.10. The van der Waals surface area contributed by atoms with Crippen LogP contribution in [-0.4, -0.2) is 17.6 Å². The third-order valence-corrected chi connectivity index (χ3v) is 6.68. The molecule has 0 radical (unpaired) electrons. The summed E-state index contributed by atoms with van der Waals surface area (Å²) in [6, 6.07) is 13.9. The number of rotatable bonds is 4. The van der Waals surface area contributed by atoms with Crippen LogP contribution in [0.25, 0.3) is 6.08 Å². The van der Waals surface area contributed by atoms with Gasteiger partial charge >= 0.3 is 5.97 Å². The minimum Gasteiger partial charge on any atom is -0.466 e. The molecule has 5 nitrogen and oxygen atoms in total. The lowest BCUT2D eigenvalue weighted by atomic mass is 9.95. The Hall–Kier alpha value is -2.67. The second-order valence-corrected chi connectivity index (χ2v) is 8.66. The number of carbonyl (C=O) groups excluding carboxylic acids is 1. The molecule has 1 atom stereocenters. The lowest BCUT2D eigenvalue weighted by Gasteiger charge is -2.25. The van der Waals surface area contributed by atoms with Crippen molar-refractivity contribution in [1.29, 1.82) is 0 Å². The monoisotopic (exact) mass is 472 g/mol. The lowest BCUT2D eigenvalue weighted by Crippen LogP contribution is -2.40. The topological polar surface area (TPSA) is 60.7 Å². The Morgan fingerprint density at radius 2 is 1.84 bits per heavy atom. The van der Waals surface area contributed by atoms with Crippen molar-refractivity contribution < 1.29 is 9.53 Å². The standard InChI is InChI=1S/C23H18Cl2N2O3S/c1-3-17-19(22(29)30-2)20(13-8-5-4-6-9-13)27-21(28)18(31-23(27)26-17)12-14-15(24)10-7-11-16(14)25/h4-12,20H,3H2,1-2H3/b18-12+/t20-/m0/s1. The summed E-state index contributed by atoms with van der Waals surface area (Å²) in [6.07, 6.45) is 2.19. The Labute approximate surface area is 192 Å². The fourth-order valence-corrected chi connectivity index (χ4v) is 5.10. The van der Waals surface area contributed by atoms with Crippen LogP contribution in [-0.2, 0) is 9.53 Å². The molecule has 3 aromatic rings. The van der Waals surface area contributed by atoms with Crippen LogP contribution in [0.15, 0.2) is 69.6 Å². The first-order chi connectivity index (χ1) is 15.0. The Balaban J connectivity index is 2.04. The summed E-state index contributed by atoms with van der Waals surface area (Å²) in [4.78, 5) is 31.4. The van der Waals surface area contributed by atoms with Crippen molar-refractivity contribution in [2.45, 2.75) is 19.4 Å². The highest BCUT2D eigenvalue weighted by Crippen LogP contribution is 2.31. The van der Waals surface area contributed by atoms with E-state index in [0.29, 0.717) is 42.6 Å². The highest BCUT2D eigenvalue weighted by Gasteiger charge is 2.33. The third-order valence-electron chi connectivity index (χ3n) is 5.04. The van der Waals surface area contributed by atoms with Crippen molar-refractivity contribution in [3.63, 3.8) is 0 Å². The zero-order chi connectivity index (χ0) is 22.1. The maximum Gasteiger partial charge on any atom is 0.338 e. The highest BCUT2D eigenvalue weighted by atomic mass is 35.5. The van der Waals surface area contributed by atoms with Gasteiger partial charge in [-0.05, 0) is 30.2 Å². The van der Waals surface area contributed by atoms with Gasteiger partial charge in [0.15, 0.2) is 4.80 Å². The van der Waals surface area contributed by atoms with Gasteiger partial charge in [-0.15, -0.1) is 0 Å². The molecule has 4 rings (SSSR count). The zero-order valence-electron chi connectivity index (χ0n) is 16.8. The van der Waals surface area contributed by atoms with Crippen LogP contribution >= 0.6 is 34.5 Å². The molecule has 0 amide bonds. The molecule has 0 fully saturated rings. The molecule has 0 unspecified atom stereocenters. The van der Waals surface area contributed by atoms with E-state index in [1.165, 1.54) is 18.4 Å². The maximum atomic E-state index is 13.5. The molecule has 0 N–H and O–H groups in total. The molecule has 158 valence electrons. The number of allylic oxidation sites excluding steroid dienone is 1. The summed E-state index contributed by atoms with van der Waals surface area (Å²) in [6.45, 7) is 1.92. The summed E-state index contributed by atoms with van der Waals surface area (Å²) >= 11 is 13.8. The van der Waals surface area contributed by atoms with Crippen LogP contribution in [0.2, 0.25) is 10.0 Å². The molecular formula is C23H18Cl2N2O3S. The van der Waals surface area contributed by atoms with Crippen molar-refractivity contribution >= 4 is 46.6 Å². The van der Waals surface area contributed by atoms with E-state index in [1.54, 1.807) is 28.8 Å². The molecular weight excluding hydrogens is 455 g/mol. The van der Waals surface area contributed by atoms with E-state index in [2.05, 4.69) is 4.99 Å². The Bertz CT molecular complexity index is 1350. The minimum atomic E-state index is -0.635. The largest absolute Gasteiger partial charge is 0.466 e. The van der Waals surface area contributed by atoms with Crippen LogP contribution in [0, 0.1) is 0 Å². The van der Waals surface area contributed by atoms with Gasteiger partial charge in [0.1, 0.15) is 0 Å². The Morgan fingerprint density at radius 1 is 1.16 bits per heavy atom. The highest BCUT2D eigenvalue weighted by molar-refractivity contribution is 7.07. The Kier molecular flexibility index (Phi) is 6.14. The predicted octanol–water partition coefficient (Wildman–Crippen LogP) is 4.11. The van der Waals surface area contributed by atoms with Gasteiger partial charge in [-0.25, -0.2) is 9.79 Å². The van der Waals surface area contributed by atoms with Crippen LogP contribution in [0.5, 0.6) is 0 Å². The number of nitrogens with zero attached hydrogens (tertiary/aromatic N) is 2. The molecule has 0 aliphatic carbocycles. The Morgan fingerprint density at radius 3 is 2.45 bits per heavy atom. The molecule has 0 spiro atoms. The van der Waals surface area contributed by atoms with E-state index < -0.39 is 12.0 Å². The summed E-state index contributed by atoms with van der Waals surface area (Å²) < 4.78 is 7.02. The molecule has 1 aromatic heterocycles. The van der Waals surface area contributed by atoms with E-state index in [4.69, 9.17) is 27.9 Å². The summed E-state index contributed by atoms with van der Waals surface area (Å²) in [7, 11) is 1.33. The number of hydrogen-bond donors (Lipinski definition) is 0. The van der Waals surface area contributed by atoms with Crippen molar-refractivity contribution in [2.24, 2.45) is 4.99 Å². The molecule has 0 saturated heterocycles. The second kappa shape index (κ2) is 8.83. The number of benzene rings is 2. The maximum absolute atomic E-state index is 13.5. The van der Waals surface area contributed by atoms with E-state index in [-0.39, 0.29) is 5.56 Å². The number of ether oxygens (including phenoxy) is 1. The first-order valence-electron chi connectivity index (χ1n) is 9.58. The number of methoxy groups -OCH3 is 1. The molecule has 1 aliphatic rings. The molecule has 31 heavy (non-hydrogen) atoms. The fraction of sp³-hybridized carbons (Fsp3) is 0.174. The molecule has 1 aliphatic heterocycles. The molecule has 0 bridgehead atoms. The number of thiazole rings is 1. The van der Waals surface area contributed by atoms with E-state index >= 15 is 0 Å². The minimum absolute atomic E-state index is 0.273. The van der Waals surface area contributed by atoms with Gasteiger partial charge in [-0.1, -0.05) is 77.9 Å². The van der Waals surface area contributed by atoms with E-state index in [9.17, 15) is 9.59 Å². The summed E-state index contributed by atoms with van der Waals surface area (Å²) in [5.41, 5.74) is 2.06. The first kappa shape index (κ1) is 21.6. The average molecular weight is 473 g/mol. The van der Waals surface area contributed by atoms with Gasteiger partial charge in [0.05, 0.1) is 29.0 Å². The molecule has 2 heterocycles. The number of esters is 1. The van der Waals surface area contributed by atoms with Crippen molar-refractivity contribution in [3.05, 3.63) is 101 Å². The third kappa shape index (κ3) is 3.87. The lowest BCUT2D eigenvalue weighted by molar-refractivity contribution is -0.136. The van der Waals surface area contributed by atoms with Crippen LogP contribution in [0.1, 0.15) is 30.5 Å².